The lowest BCUT2D eigenvalue weighted by Crippen LogP contribution is -2.49. The first-order chi connectivity index (χ1) is 8.05. The highest BCUT2D eigenvalue weighted by Gasteiger charge is 2.30. The number of alkyl halides is 3. The van der Waals surface area contributed by atoms with E-state index in [0.29, 0.717) is 6.42 Å². The van der Waals surface area contributed by atoms with Crippen LogP contribution in [0.4, 0.5) is 13.2 Å². The fourth-order valence-electron chi connectivity index (χ4n) is 2.02. The Balaban J connectivity index is 2.05. The van der Waals surface area contributed by atoms with E-state index in [2.05, 4.69) is 10.6 Å². The summed E-state index contributed by atoms with van der Waals surface area (Å²) < 4.78 is 37.6. The molecule has 0 unspecified atom stereocenters. The van der Waals surface area contributed by atoms with Crippen molar-refractivity contribution in [1.29, 1.82) is 0 Å². The second-order valence-corrected chi connectivity index (χ2v) is 4.26. The van der Waals surface area contributed by atoms with Gasteiger partial charge < -0.3 is 10.6 Å². The topological polar surface area (TPSA) is 24.1 Å². The van der Waals surface area contributed by atoms with Gasteiger partial charge in [-0.25, -0.2) is 0 Å². The van der Waals surface area contributed by atoms with Gasteiger partial charge in [0.25, 0.3) is 0 Å². The Morgan fingerprint density at radius 2 is 2.06 bits per heavy atom. The molecular weight excluding hydrogens is 229 g/mol. The van der Waals surface area contributed by atoms with Crippen molar-refractivity contribution in [2.24, 2.45) is 0 Å². The quantitative estimate of drug-likeness (QED) is 0.829. The van der Waals surface area contributed by atoms with Gasteiger partial charge in [0, 0.05) is 25.7 Å². The molecule has 1 saturated heterocycles. The number of hydrogen-bond acceptors (Lipinski definition) is 2. The third kappa shape index (κ3) is 3.44. The molecule has 0 saturated carbocycles. The summed E-state index contributed by atoms with van der Waals surface area (Å²) in [6.45, 7) is 2.58. The van der Waals surface area contributed by atoms with Gasteiger partial charge in [-0.3, -0.25) is 0 Å². The number of rotatable bonds is 2. The SMILES string of the molecule is FC(F)(F)c1cccc(C[C@H]2CNCCN2)c1. The molecule has 1 fully saturated rings. The van der Waals surface area contributed by atoms with Gasteiger partial charge >= 0.3 is 6.18 Å². The van der Waals surface area contributed by atoms with E-state index in [0.717, 1.165) is 31.3 Å². The van der Waals surface area contributed by atoms with Crippen LogP contribution in [0.25, 0.3) is 0 Å². The predicted molar refractivity (Wildman–Crippen MR) is 59.8 cm³/mol. The fourth-order valence-corrected chi connectivity index (χ4v) is 2.02. The Bertz CT molecular complexity index is 370. The van der Waals surface area contributed by atoms with Crippen molar-refractivity contribution in [2.75, 3.05) is 19.6 Å². The third-order valence-electron chi connectivity index (χ3n) is 2.86. The number of piperazine rings is 1. The molecule has 1 aromatic rings. The zero-order chi connectivity index (χ0) is 12.3. The second kappa shape index (κ2) is 5.06. The van der Waals surface area contributed by atoms with E-state index < -0.39 is 11.7 Å². The maximum absolute atomic E-state index is 12.5. The summed E-state index contributed by atoms with van der Waals surface area (Å²) >= 11 is 0. The normalized spacial score (nSPS) is 21.5. The molecule has 0 bridgehead atoms. The smallest absolute Gasteiger partial charge is 0.314 e. The Morgan fingerprint density at radius 1 is 1.24 bits per heavy atom. The maximum atomic E-state index is 12.5. The average Bonchev–Trinajstić information content (AvgIpc) is 2.29. The molecule has 0 aromatic heterocycles. The van der Waals surface area contributed by atoms with Gasteiger partial charge in [-0.2, -0.15) is 13.2 Å². The van der Waals surface area contributed by atoms with Crippen LogP contribution in [-0.4, -0.2) is 25.7 Å². The van der Waals surface area contributed by atoms with E-state index in [4.69, 9.17) is 0 Å². The van der Waals surface area contributed by atoms with Crippen molar-refractivity contribution in [2.45, 2.75) is 18.6 Å². The molecule has 94 valence electrons. The summed E-state index contributed by atoms with van der Waals surface area (Å²) in [4.78, 5) is 0. The van der Waals surface area contributed by atoms with Gasteiger partial charge in [-0.05, 0) is 18.1 Å². The zero-order valence-corrected chi connectivity index (χ0v) is 9.35. The first-order valence-electron chi connectivity index (χ1n) is 5.66. The van der Waals surface area contributed by atoms with Gasteiger partial charge in [0.05, 0.1) is 5.56 Å². The van der Waals surface area contributed by atoms with Crippen LogP contribution < -0.4 is 10.6 Å². The van der Waals surface area contributed by atoms with Crippen LogP contribution in [0.3, 0.4) is 0 Å². The number of benzene rings is 1. The summed E-state index contributed by atoms with van der Waals surface area (Å²) in [5.41, 5.74) is 0.153. The predicted octanol–water partition coefficient (Wildman–Crippen LogP) is 1.81. The van der Waals surface area contributed by atoms with E-state index in [9.17, 15) is 13.2 Å². The minimum atomic E-state index is -4.26. The van der Waals surface area contributed by atoms with Crippen molar-refractivity contribution in [1.82, 2.24) is 10.6 Å². The molecule has 0 aliphatic carbocycles. The number of hydrogen-bond donors (Lipinski definition) is 2. The largest absolute Gasteiger partial charge is 0.416 e. The van der Waals surface area contributed by atoms with Crippen LogP contribution in [0.2, 0.25) is 0 Å². The fraction of sp³-hybridized carbons (Fsp3) is 0.500. The molecule has 17 heavy (non-hydrogen) atoms. The van der Waals surface area contributed by atoms with Gasteiger partial charge in [0.1, 0.15) is 0 Å². The molecule has 1 aliphatic heterocycles. The highest BCUT2D eigenvalue weighted by Crippen LogP contribution is 2.29. The highest BCUT2D eigenvalue weighted by atomic mass is 19.4. The molecule has 0 radical (unpaired) electrons. The Hall–Kier alpha value is -1.07. The molecule has 2 nitrogen and oxygen atoms in total. The Labute approximate surface area is 98.2 Å². The van der Waals surface area contributed by atoms with E-state index in [-0.39, 0.29) is 6.04 Å². The van der Waals surface area contributed by atoms with Crippen LogP contribution in [-0.2, 0) is 12.6 Å². The Kier molecular flexibility index (Phi) is 3.69. The van der Waals surface area contributed by atoms with E-state index in [1.165, 1.54) is 12.1 Å². The molecule has 1 atom stereocenters. The monoisotopic (exact) mass is 244 g/mol. The molecule has 0 spiro atoms. The summed E-state index contributed by atoms with van der Waals surface area (Å²) in [7, 11) is 0. The highest BCUT2D eigenvalue weighted by molar-refractivity contribution is 5.26. The maximum Gasteiger partial charge on any atom is 0.416 e. The summed E-state index contributed by atoms with van der Waals surface area (Å²) in [5.74, 6) is 0. The molecule has 1 aliphatic rings. The molecular formula is C12H15F3N2. The Morgan fingerprint density at radius 3 is 2.71 bits per heavy atom. The molecule has 1 heterocycles. The zero-order valence-electron chi connectivity index (χ0n) is 9.35. The molecule has 5 heteroatoms. The lowest BCUT2D eigenvalue weighted by atomic mass is 10.0. The summed E-state index contributed by atoms with van der Waals surface area (Å²) in [5, 5.41) is 6.50. The minimum absolute atomic E-state index is 0.215. The van der Waals surface area contributed by atoms with E-state index in [1.54, 1.807) is 6.07 Å². The summed E-state index contributed by atoms with van der Waals surface area (Å²) in [6, 6.07) is 5.76. The van der Waals surface area contributed by atoms with E-state index >= 15 is 0 Å². The van der Waals surface area contributed by atoms with Crippen LogP contribution in [0, 0.1) is 0 Å². The second-order valence-electron chi connectivity index (χ2n) is 4.26. The molecule has 2 rings (SSSR count). The molecule has 2 N–H and O–H groups in total. The molecule has 0 amide bonds. The number of halogens is 3. The van der Waals surface area contributed by atoms with Gasteiger partial charge in [0.2, 0.25) is 0 Å². The standard InChI is InChI=1S/C12H15F3N2/c13-12(14,15)10-3-1-2-9(6-10)7-11-8-16-4-5-17-11/h1-3,6,11,16-17H,4-5,7-8H2/t11-/m0/s1. The first kappa shape index (κ1) is 12.4. The van der Waals surface area contributed by atoms with Crippen molar-refractivity contribution >= 4 is 0 Å². The van der Waals surface area contributed by atoms with Crippen molar-refractivity contribution in [3.05, 3.63) is 35.4 Å². The van der Waals surface area contributed by atoms with Crippen LogP contribution in [0.5, 0.6) is 0 Å². The lowest BCUT2D eigenvalue weighted by molar-refractivity contribution is -0.137. The van der Waals surface area contributed by atoms with Crippen molar-refractivity contribution in [3.63, 3.8) is 0 Å². The van der Waals surface area contributed by atoms with Crippen LogP contribution in [0.15, 0.2) is 24.3 Å². The van der Waals surface area contributed by atoms with Crippen LogP contribution >= 0.6 is 0 Å². The first-order valence-corrected chi connectivity index (χ1v) is 5.66. The lowest BCUT2D eigenvalue weighted by Gasteiger charge is -2.24. The van der Waals surface area contributed by atoms with E-state index in [1.807, 2.05) is 0 Å². The van der Waals surface area contributed by atoms with Crippen molar-refractivity contribution in [3.8, 4) is 0 Å². The van der Waals surface area contributed by atoms with Gasteiger partial charge in [-0.1, -0.05) is 18.2 Å². The van der Waals surface area contributed by atoms with Crippen LogP contribution in [0.1, 0.15) is 11.1 Å². The minimum Gasteiger partial charge on any atom is -0.314 e. The molecule has 1 aromatic carbocycles. The van der Waals surface area contributed by atoms with Crippen molar-refractivity contribution < 1.29 is 13.2 Å². The summed E-state index contributed by atoms with van der Waals surface area (Å²) in [6.07, 6.45) is -3.63. The third-order valence-corrected chi connectivity index (χ3v) is 2.86. The average molecular weight is 244 g/mol. The van der Waals surface area contributed by atoms with Gasteiger partial charge in [-0.15, -0.1) is 0 Å². The number of nitrogens with one attached hydrogen (secondary N) is 2. The van der Waals surface area contributed by atoms with Gasteiger partial charge in [0.15, 0.2) is 0 Å².